The predicted octanol–water partition coefficient (Wildman–Crippen LogP) is 2.72. The van der Waals surface area contributed by atoms with Crippen molar-refractivity contribution in [1.29, 1.82) is 0 Å². The number of nitrogens with one attached hydrogen (secondary N) is 2. The molecule has 0 saturated heterocycles. The van der Waals surface area contributed by atoms with Crippen LogP contribution in [-0.2, 0) is 6.54 Å². The number of nitrogens with zero attached hydrogens (tertiary/aromatic N) is 3. The molecule has 6 nitrogen and oxygen atoms in total. The van der Waals surface area contributed by atoms with Crippen LogP contribution in [0.15, 0.2) is 71.8 Å². The van der Waals surface area contributed by atoms with Gasteiger partial charge in [0.2, 0.25) is 5.95 Å². The Labute approximate surface area is 137 Å². The highest BCUT2D eigenvalue weighted by molar-refractivity contribution is 5.78. The second kappa shape index (κ2) is 6.00. The van der Waals surface area contributed by atoms with Gasteiger partial charge in [-0.1, -0.05) is 24.3 Å². The molecule has 4 rings (SSSR count). The van der Waals surface area contributed by atoms with Crippen LogP contribution in [0.2, 0.25) is 0 Å². The van der Waals surface area contributed by atoms with Gasteiger partial charge in [-0.25, -0.2) is 9.67 Å². The first-order valence-corrected chi connectivity index (χ1v) is 7.61. The van der Waals surface area contributed by atoms with Crippen LogP contribution in [0.4, 0.5) is 5.95 Å². The molecule has 2 N–H and O–H groups in total. The summed E-state index contributed by atoms with van der Waals surface area (Å²) in [5.74, 6) is 0.467. The van der Waals surface area contributed by atoms with Crippen molar-refractivity contribution < 1.29 is 0 Å². The summed E-state index contributed by atoms with van der Waals surface area (Å²) in [5.41, 5.74) is 2.62. The average molecular weight is 317 g/mol. The van der Waals surface area contributed by atoms with E-state index in [9.17, 15) is 4.79 Å². The number of fused-ring (bicyclic) bond motifs is 1. The van der Waals surface area contributed by atoms with Gasteiger partial charge in [-0.15, -0.1) is 0 Å². The summed E-state index contributed by atoms with van der Waals surface area (Å²) >= 11 is 0. The van der Waals surface area contributed by atoms with E-state index in [1.165, 1.54) is 0 Å². The monoisotopic (exact) mass is 317 g/mol. The lowest BCUT2D eigenvalue weighted by atomic mass is 10.2. The number of rotatable bonds is 4. The lowest BCUT2D eigenvalue weighted by Crippen LogP contribution is -2.13. The molecule has 6 heteroatoms. The molecular weight excluding hydrogens is 302 g/mol. The van der Waals surface area contributed by atoms with Crippen molar-refractivity contribution in [2.24, 2.45) is 0 Å². The van der Waals surface area contributed by atoms with Crippen molar-refractivity contribution in [1.82, 2.24) is 19.7 Å². The molecule has 0 bridgehead atoms. The molecule has 2 heterocycles. The lowest BCUT2D eigenvalue weighted by molar-refractivity contribution is 0.879. The Morgan fingerprint density at radius 2 is 1.88 bits per heavy atom. The number of para-hydroxylation sites is 1. The molecule has 0 amide bonds. The van der Waals surface area contributed by atoms with Crippen molar-refractivity contribution in [3.05, 3.63) is 82.9 Å². The third kappa shape index (κ3) is 2.77. The Hall–Kier alpha value is -3.41. The van der Waals surface area contributed by atoms with Crippen LogP contribution in [0.3, 0.4) is 0 Å². The van der Waals surface area contributed by atoms with Crippen molar-refractivity contribution in [3.8, 4) is 5.69 Å². The molecule has 0 fully saturated rings. The van der Waals surface area contributed by atoms with Crippen LogP contribution in [0.1, 0.15) is 5.56 Å². The van der Waals surface area contributed by atoms with Crippen LogP contribution in [0.5, 0.6) is 0 Å². The van der Waals surface area contributed by atoms with E-state index in [4.69, 9.17) is 0 Å². The van der Waals surface area contributed by atoms with Gasteiger partial charge in [-0.3, -0.25) is 9.78 Å². The van der Waals surface area contributed by atoms with Gasteiger partial charge in [0.05, 0.1) is 16.6 Å². The third-order valence-corrected chi connectivity index (χ3v) is 3.78. The maximum Gasteiger partial charge on any atom is 0.260 e. The molecule has 0 atom stereocenters. The van der Waals surface area contributed by atoms with Gasteiger partial charge in [0.1, 0.15) is 0 Å². The number of hydrogen-bond acceptors (Lipinski definition) is 4. The molecule has 0 aliphatic rings. The second-order valence-corrected chi connectivity index (χ2v) is 5.40. The molecule has 118 valence electrons. The zero-order valence-electron chi connectivity index (χ0n) is 12.8. The van der Waals surface area contributed by atoms with Gasteiger partial charge in [0.15, 0.2) is 0 Å². The number of aromatic nitrogens is 4. The number of benzene rings is 2. The van der Waals surface area contributed by atoms with Crippen molar-refractivity contribution in [3.63, 3.8) is 0 Å². The molecule has 0 radical (unpaired) electrons. The Bertz CT molecular complexity index is 1020. The van der Waals surface area contributed by atoms with Crippen molar-refractivity contribution in [2.75, 3.05) is 5.32 Å². The normalized spacial score (nSPS) is 10.8. The number of aromatic amines is 1. The van der Waals surface area contributed by atoms with E-state index in [0.29, 0.717) is 23.4 Å². The van der Waals surface area contributed by atoms with Crippen LogP contribution in [0.25, 0.3) is 16.6 Å². The van der Waals surface area contributed by atoms with Crippen LogP contribution in [0, 0.1) is 0 Å². The Kier molecular flexibility index (Phi) is 3.55. The van der Waals surface area contributed by atoms with Gasteiger partial charge < -0.3 is 5.32 Å². The van der Waals surface area contributed by atoms with Gasteiger partial charge in [0, 0.05) is 18.9 Å². The van der Waals surface area contributed by atoms with E-state index in [1.54, 1.807) is 16.9 Å². The fourth-order valence-electron chi connectivity index (χ4n) is 2.54. The van der Waals surface area contributed by atoms with Crippen LogP contribution >= 0.6 is 0 Å². The first kappa shape index (κ1) is 14.2. The first-order chi connectivity index (χ1) is 11.8. The molecule has 0 spiro atoms. The summed E-state index contributed by atoms with van der Waals surface area (Å²) in [4.78, 5) is 19.2. The van der Waals surface area contributed by atoms with Gasteiger partial charge >= 0.3 is 0 Å². The standard InChI is InChI=1S/C18H15N5O/c24-17-15-4-1-2-5-16(15)21-18(22-17)19-12-13-6-8-14(9-7-13)23-11-3-10-20-23/h1-11H,12H2,(H2,19,21,22,24). The van der Waals surface area contributed by atoms with Crippen LogP contribution < -0.4 is 10.9 Å². The van der Waals surface area contributed by atoms with Gasteiger partial charge in [0.25, 0.3) is 5.56 Å². The fraction of sp³-hybridized carbons (Fsp3) is 0.0556. The summed E-state index contributed by atoms with van der Waals surface area (Å²) in [5, 5.41) is 7.95. The highest BCUT2D eigenvalue weighted by Crippen LogP contribution is 2.11. The Balaban J connectivity index is 1.51. The molecule has 0 aliphatic carbocycles. The molecule has 2 aromatic heterocycles. The van der Waals surface area contributed by atoms with E-state index in [2.05, 4.69) is 20.4 Å². The minimum Gasteiger partial charge on any atom is -0.352 e. The minimum absolute atomic E-state index is 0.142. The van der Waals surface area contributed by atoms with E-state index in [0.717, 1.165) is 11.3 Å². The maximum atomic E-state index is 12.0. The zero-order valence-corrected chi connectivity index (χ0v) is 12.8. The van der Waals surface area contributed by atoms with Crippen molar-refractivity contribution in [2.45, 2.75) is 6.54 Å². The van der Waals surface area contributed by atoms with Crippen LogP contribution in [-0.4, -0.2) is 19.7 Å². The first-order valence-electron chi connectivity index (χ1n) is 7.61. The quantitative estimate of drug-likeness (QED) is 0.607. The molecule has 24 heavy (non-hydrogen) atoms. The molecule has 4 aromatic rings. The summed E-state index contributed by atoms with van der Waals surface area (Å²) in [6, 6.07) is 17.2. The Morgan fingerprint density at radius 1 is 1.04 bits per heavy atom. The Morgan fingerprint density at radius 3 is 2.67 bits per heavy atom. The number of H-pyrrole nitrogens is 1. The number of anilines is 1. The summed E-state index contributed by atoms with van der Waals surface area (Å²) < 4.78 is 1.81. The highest BCUT2D eigenvalue weighted by Gasteiger charge is 2.03. The van der Waals surface area contributed by atoms with E-state index in [-0.39, 0.29) is 5.56 Å². The molecule has 0 unspecified atom stereocenters. The van der Waals surface area contributed by atoms with E-state index >= 15 is 0 Å². The molecule has 0 aliphatic heterocycles. The molecule has 0 saturated carbocycles. The number of hydrogen-bond donors (Lipinski definition) is 2. The predicted molar refractivity (Wildman–Crippen MR) is 93.3 cm³/mol. The fourth-order valence-corrected chi connectivity index (χ4v) is 2.54. The summed E-state index contributed by atoms with van der Waals surface area (Å²) in [6.45, 7) is 0.570. The largest absolute Gasteiger partial charge is 0.352 e. The highest BCUT2D eigenvalue weighted by atomic mass is 16.1. The second-order valence-electron chi connectivity index (χ2n) is 5.40. The summed E-state index contributed by atoms with van der Waals surface area (Å²) in [6.07, 6.45) is 3.65. The SMILES string of the molecule is O=c1[nH]c(NCc2ccc(-n3cccn3)cc2)nc2ccccc12. The molecule has 2 aromatic carbocycles. The average Bonchev–Trinajstić information content (AvgIpc) is 3.15. The lowest BCUT2D eigenvalue weighted by Gasteiger charge is -2.07. The topological polar surface area (TPSA) is 75.6 Å². The van der Waals surface area contributed by atoms with Crippen molar-refractivity contribution >= 4 is 16.9 Å². The minimum atomic E-state index is -0.142. The maximum absolute atomic E-state index is 12.0. The molecular formula is C18H15N5O. The van der Waals surface area contributed by atoms with Gasteiger partial charge in [-0.05, 0) is 35.9 Å². The van der Waals surface area contributed by atoms with Gasteiger partial charge in [-0.2, -0.15) is 5.10 Å². The smallest absolute Gasteiger partial charge is 0.260 e. The summed E-state index contributed by atoms with van der Waals surface area (Å²) in [7, 11) is 0. The van der Waals surface area contributed by atoms with E-state index in [1.807, 2.05) is 54.7 Å². The zero-order chi connectivity index (χ0) is 16.4. The third-order valence-electron chi connectivity index (χ3n) is 3.78. The van der Waals surface area contributed by atoms with E-state index < -0.39 is 0 Å².